The predicted octanol–water partition coefficient (Wildman–Crippen LogP) is -0.359. The van der Waals surface area contributed by atoms with Crippen molar-refractivity contribution in [3.8, 4) is 5.75 Å². The van der Waals surface area contributed by atoms with Crippen LogP contribution >= 0.6 is 0 Å². The number of nitrogens with two attached hydrogens (primary N) is 1. The number of anilines is 1. The molecule has 4 heteroatoms. The van der Waals surface area contributed by atoms with Crippen molar-refractivity contribution in [3.05, 3.63) is 23.8 Å². The summed E-state index contributed by atoms with van der Waals surface area (Å²) in [6, 6.07) is 4.30. The molecule has 0 radical (unpaired) electrons. The molecule has 0 aliphatic carbocycles. The summed E-state index contributed by atoms with van der Waals surface area (Å²) in [5.41, 5.74) is 5.53. The van der Waals surface area contributed by atoms with E-state index in [1.165, 1.54) is 25.3 Å². The Hall–Kier alpha value is -1.71. The highest BCUT2D eigenvalue weighted by atomic mass is 16.5. The van der Waals surface area contributed by atoms with E-state index in [0.29, 0.717) is 5.75 Å². The van der Waals surface area contributed by atoms with E-state index in [0.717, 1.165) is 0 Å². The molecule has 0 fully saturated rings. The van der Waals surface area contributed by atoms with Crippen LogP contribution in [0.3, 0.4) is 0 Å². The van der Waals surface area contributed by atoms with Crippen LogP contribution in [-0.2, 0) is 0 Å². The molecule has 0 bridgehead atoms. The van der Waals surface area contributed by atoms with Gasteiger partial charge in [0.1, 0.15) is 5.75 Å². The highest BCUT2D eigenvalue weighted by molar-refractivity contribution is 5.92. The summed E-state index contributed by atoms with van der Waals surface area (Å²) in [6.45, 7) is 0. The van der Waals surface area contributed by atoms with Crippen LogP contribution in [0.5, 0.6) is 5.75 Å². The van der Waals surface area contributed by atoms with Crippen LogP contribution in [0.1, 0.15) is 10.4 Å². The second-order valence-electron chi connectivity index (χ2n) is 2.24. The first-order valence-corrected chi connectivity index (χ1v) is 3.30. The minimum Gasteiger partial charge on any atom is -0.545 e. The number of carboxylic acids is 1. The number of carbonyl (C=O) groups is 1. The number of benzene rings is 1. The third-order valence-electron chi connectivity index (χ3n) is 1.48. The third kappa shape index (κ3) is 1.47. The molecule has 0 saturated heterocycles. The standard InChI is InChI=1S/C8H9NO3/c1-12-5-2-3-6(8(10)11)7(9)4-5/h2-4H,9H2,1H3,(H,10,11)/p-1. The van der Waals surface area contributed by atoms with Gasteiger partial charge in [-0.3, -0.25) is 0 Å². The topological polar surface area (TPSA) is 75.4 Å². The van der Waals surface area contributed by atoms with Gasteiger partial charge in [-0.05, 0) is 12.1 Å². The Bertz CT molecular complexity index is 309. The molecule has 1 aromatic rings. The van der Waals surface area contributed by atoms with Crippen molar-refractivity contribution in [1.29, 1.82) is 0 Å². The molecule has 0 saturated carbocycles. The summed E-state index contributed by atoms with van der Waals surface area (Å²) in [5.74, 6) is -0.757. The van der Waals surface area contributed by atoms with Gasteiger partial charge < -0.3 is 20.4 Å². The highest BCUT2D eigenvalue weighted by Crippen LogP contribution is 2.18. The lowest BCUT2D eigenvalue weighted by Crippen LogP contribution is -2.23. The van der Waals surface area contributed by atoms with Crippen LogP contribution in [0.15, 0.2) is 18.2 Å². The zero-order valence-electron chi connectivity index (χ0n) is 6.53. The highest BCUT2D eigenvalue weighted by Gasteiger charge is 2.00. The molecule has 1 rings (SSSR count). The fraction of sp³-hybridized carbons (Fsp3) is 0.125. The Morgan fingerprint density at radius 3 is 2.67 bits per heavy atom. The van der Waals surface area contributed by atoms with Crippen LogP contribution in [0.2, 0.25) is 0 Å². The van der Waals surface area contributed by atoms with Gasteiger partial charge in [0.25, 0.3) is 0 Å². The lowest BCUT2D eigenvalue weighted by atomic mass is 10.2. The molecule has 12 heavy (non-hydrogen) atoms. The smallest absolute Gasteiger partial charge is 0.120 e. The summed E-state index contributed by atoms with van der Waals surface area (Å²) < 4.78 is 4.84. The number of aromatic carboxylic acids is 1. The van der Waals surface area contributed by atoms with Gasteiger partial charge in [-0.1, -0.05) is 0 Å². The molecule has 0 unspecified atom stereocenters. The molecule has 4 nitrogen and oxygen atoms in total. The van der Waals surface area contributed by atoms with E-state index in [2.05, 4.69) is 0 Å². The first kappa shape index (κ1) is 8.39. The van der Waals surface area contributed by atoms with Gasteiger partial charge in [-0.2, -0.15) is 0 Å². The maximum absolute atomic E-state index is 10.4. The number of carboxylic acid groups (broad SMARTS) is 1. The van der Waals surface area contributed by atoms with Gasteiger partial charge >= 0.3 is 0 Å². The van der Waals surface area contributed by atoms with Crippen LogP contribution < -0.4 is 15.6 Å². The fourth-order valence-corrected chi connectivity index (χ4v) is 0.854. The third-order valence-corrected chi connectivity index (χ3v) is 1.48. The van der Waals surface area contributed by atoms with Gasteiger partial charge in [0.15, 0.2) is 0 Å². The van der Waals surface area contributed by atoms with E-state index in [-0.39, 0.29) is 11.3 Å². The maximum atomic E-state index is 10.4. The van der Waals surface area contributed by atoms with E-state index in [9.17, 15) is 9.90 Å². The molecule has 0 aromatic heterocycles. The van der Waals surface area contributed by atoms with Crippen molar-refractivity contribution < 1.29 is 14.6 Å². The van der Waals surface area contributed by atoms with Crippen molar-refractivity contribution in [2.24, 2.45) is 0 Å². The first-order chi connectivity index (χ1) is 5.65. The summed E-state index contributed by atoms with van der Waals surface area (Å²) >= 11 is 0. The lowest BCUT2D eigenvalue weighted by Gasteiger charge is -2.07. The quantitative estimate of drug-likeness (QED) is 0.609. The van der Waals surface area contributed by atoms with Gasteiger partial charge in [-0.25, -0.2) is 0 Å². The van der Waals surface area contributed by atoms with Gasteiger partial charge in [-0.15, -0.1) is 0 Å². The monoisotopic (exact) mass is 166 g/mol. The number of nitrogen functional groups attached to an aromatic ring is 1. The van der Waals surface area contributed by atoms with E-state index in [4.69, 9.17) is 10.5 Å². The minimum atomic E-state index is -1.28. The Kier molecular flexibility index (Phi) is 2.19. The largest absolute Gasteiger partial charge is 0.545 e. The first-order valence-electron chi connectivity index (χ1n) is 3.30. The maximum Gasteiger partial charge on any atom is 0.120 e. The van der Waals surface area contributed by atoms with Crippen LogP contribution in [0, 0.1) is 0 Å². The average Bonchev–Trinajstić information content (AvgIpc) is 2.03. The van der Waals surface area contributed by atoms with Crippen LogP contribution in [0.4, 0.5) is 5.69 Å². The van der Waals surface area contributed by atoms with Crippen LogP contribution in [-0.4, -0.2) is 13.1 Å². The average molecular weight is 166 g/mol. The molecular weight excluding hydrogens is 158 g/mol. The number of methoxy groups -OCH3 is 1. The Balaban J connectivity index is 3.12. The molecule has 1 aromatic carbocycles. The molecule has 0 amide bonds. The molecule has 2 N–H and O–H groups in total. The normalized spacial score (nSPS) is 9.42. The SMILES string of the molecule is COc1ccc(C(=O)[O-])c(N)c1. The molecule has 0 atom stereocenters. The summed E-state index contributed by atoms with van der Waals surface area (Å²) in [4.78, 5) is 10.4. The van der Waals surface area contributed by atoms with Gasteiger partial charge in [0.2, 0.25) is 0 Å². The molecule has 64 valence electrons. The Morgan fingerprint density at radius 1 is 1.58 bits per heavy atom. The van der Waals surface area contributed by atoms with Crippen molar-refractivity contribution in [2.75, 3.05) is 12.8 Å². The Morgan fingerprint density at radius 2 is 2.25 bits per heavy atom. The second kappa shape index (κ2) is 3.13. The second-order valence-corrected chi connectivity index (χ2v) is 2.24. The molecule has 0 aliphatic heterocycles. The van der Waals surface area contributed by atoms with E-state index < -0.39 is 5.97 Å². The van der Waals surface area contributed by atoms with E-state index in [1.807, 2.05) is 0 Å². The van der Waals surface area contributed by atoms with Crippen molar-refractivity contribution in [1.82, 2.24) is 0 Å². The molecule has 0 heterocycles. The van der Waals surface area contributed by atoms with Crippen molar-refractivity contribution >= 4 is 11.7 Å². The number of carbonyl (C=O) groups excluding carboxylic acids is 1. The molecule has 0 aliphatic rings. The van der Waals surface area contributed by atoms with E-state index in [1.54, 1.807) is 0 Å². The number of hydrogen-bond donors (Lipinski definition) is 1. The minimum absolute atomic E-state index is 0.0178. The number of ether oxygens (including phenoxy) is 1. The zero-order valence-corrected chi connectivity index (χ0v) is 6.53. The summed E-state index contributed by atoms with van der Waals surface area (Å²) in [6.07, 6.45) is 0. The van der Waals surface area contributed by atoms with Crippen molar-refractivity contribution in [2.45, 2.75) is 0 Å². The zero-order chi connectivity index (χ0) is 9.14. The van der Waals surface area contributed by atoms with Crippen LogP contribution in [0.25, 0.3) is 0 Å². The lowest BCUT2D eigenvalue weighted by molar-refractivity contribution is -0.254. The summed E-state index contributed by atoms with van der Waals surface area (Å²) in [5, 5.41) is 10.4. The number of hydrogen-bond acceptors (Lipinski definition) is 4. The molecular formula is C8H8NO3-. The van der Waals surface area contributed by atoms with E-state index >= 15 is 0 Å². The Labute approximate surface area is 69.6 Å². The number of rotatable bonds is 2. The van der Waals surface area contributed by atoms with Gasteiger partial charge in [0.05, 0.1) is 13.1 Å². The predicted molar refractivity (Wildman–Crippen MR) is 41.7 cm³/mol. The van der Waals surface area contributed by atoms with Crippen molar-refractivity contribution in [3.63, 3.8) is 0 Å². The molecule has 0 spiro atoms. The van der Waals surface area contributed by atoms with Gasteiger partial charge in [0, 0.05) is 17.3 Å². The summed E-state index contributed by atoms with van der Waals surface area (Å²) in [7, 11) is 1.48. The fourth-order valence-electron chi connectivity index (χ4n) is 0.854.